The van der Waals surface area contributed by atoms with E-state index in [4.69, 9.17) is 11.6 Å². The molecule has 0 spiro atoms. The molecular formula is C22H28ClN5O. The number of amides is 1. The molecule has 1 N–H and O–H groups in total. The number of nitrogens with zero attached hydrogens (tertiary/aromatic N) is 4. The highest BCUT2D eigenvalue weighted by Gasteiger charge is 2.46. The molecule has 4 fully saturated rings. The summed E-state index contributed by atoms with van der Waals surface area (Å²) in [6.07, 6.45) is 16.4. The Balaban J connectivity index is 1.29. The smallest absolute Gasteiger partial charge is 0.256 e. The van der Waals surface area contributed by atoms with Gasteiger partial charge in [-0.25, -0.2) is 9.36 Å². The molecule has 1 amide bonds. The first kappa shape index (κ1) is 18.0. The van der Waals surface area contributed by atoms with E-state index in [9.17, 15) is 4.79 Å². The van der Waals surface area contributed by atoms with Gasteiger partial charge in [0, 0.05) is 6.04 Å². The zero-order valence-electron chi connectivity index (χ0n) is 16.6. The lowest BCUT2D eigenvalue weighted by Gasteiger charge is -2.28. The van der Waals surface area contributed by atoms with Crippen LogP contribution in [-0.2, 0) is 0 Å². The molecule has 6 rings (SSSR count). The van der Waals surface area contributed by atoms with Gasteiger partial charge >= 0.3 is 0 Å². The van der Waals surface area contributed by atoms with E-state index in [-0.39, 0.29) is 5.91 Å². The zero-order chi connectivity index (χ0) is 19.5. The molecule has 5 atom stereocenters. The molecule has 2 heterocycles. The zero-order valence-corrected chi connectivity index (χ0v) is 17.4. The second-order valence-electron chi connectivity index (χ2n) is 9.77. The summed E-state index contributed by atoms with van der Waals surface area (Å²) < 4.78 is 3.69. The molecule has 4 unspecified atom stereocenters. The van der Waals surface area contributed by atoms with Crippen molar-refractivity contribution in [2.45, 2.75) is 69.9 Å². The van der Waals surface area contributed by atoms with Crippen molar-refractivity contribution in [3.63, 3.8) is 0 Å². The van der Waals surface area contributed by atoms with E-state index < -0.39 is 0 Å². The van der Waals surface area contributed by atoms with Gasteiger partial charge in [-0.2, -0.15) is 10.2 Å². The average Bonchev–Trinajstić information content (AvgIpc) is 3.32. The lowest BCUT2D eigenvalue weighted by Crippen LogP contribution is -2.41. The summed E-state index contributed by atoms with van der Waals surface area (Å²) in [5, 5.41) is 13.0. The maximum absolute atomic E-state index is 13.4. The molecule has 6 nitrogen and oxygen atoms in total. The van der Waals surface area contributed by atoms with Crippen LogP contribution in [0, 0.1) is 23.7 Å². The number of hydrogen-bond donors (Lipinski definition) is 1. The Morgan fingerprint density at radius 2 is 1.90 bits per heavy atom. The number of aromatic nitrogens is 4. The van der Waals surface area contributed by atoms with E-state index in [0.29, 0.717) is 28.6 Å². The van der Waals surface area contributed by atoms with E-state index in [1.165, 1.54) is 38.5 Å². The Labute approximate surface area is 176 Å². The molecule has 4 saturated carbocycles. The third-order valence-corrected chi connectivity index (χ3v) is 8.27. The molecule has 7 heteroatoms. The van der Waals surface area contributed by atoms with Crippen LogP contribution in [0.2, 0.25) is 5.02 Å². The fraction of sp³-hybridized carbons (Fsp3) is 0.682. The maximum Gasteiger partial charge on any atom is 0.256 e. The molecule has 0 aromatic carbocycles. The van der Waals surface area contributed by atoms with Crippen LogP contribution in [0.3, 0.4) is 0 Å². The average molecular weight is 414 g/mol. The molecular weight excluding hydrogens is 386 g/mol. The molecule has 2 aromatic rings. The van der Waals surface area contributed by atoms with Crippen molar-refractivity contribution >= 4 is 17.5 Å². The topological polar surface area (TPSA) is 64.7 Å². The fourth-order valence-electron chi connectivity index (χ4n) is 6.58. The van der Waals surface area contributed by atoms with Crippen LogP contribution in [0.25, 0.3) is 5.82 Å². The number of rotatable bonds is 4. The van der Waals surface area contributed by atoms with E-state index in [0.717, 1.165) is 42.8 Å². The first-order valence-corrected chi connectivity index (χ1v) is 11.6. The quantitative estimate of drug-likeness (QED) is 0.808. The van der Waals surface area contributed by atoms with Gasteiger partial charge in [0.15, 0.2) is 5.82 Å². The molecule has 0 radical (unpaired) electrons. The summed E-state index contributed by atoms with van der Waals surface area (Å²) >= 11 is 6.13. The van der Waals surface area contributed by atoms with Gasteiger partial charge in [-0.3, -0.25) is 4.79 Å². The second kappa shape index (κ2) is 6.86. The number of carbonyl (C=O) groups excluding carboxylic acids is 1. The van der Waals surface area contributed by atoms with Gasteiger partial charge in [0.05, 0.1) is 29.7 Å². The lowest BCUT2D eigenvalue weighted by molar-refractivity contribution is 0.0912. The van der Waals surface area contributed by atoms with Crippen LogP contribution in [0.5, 0.6) is 0 Å². The van der Waals surface area contributed by atoms with Gasteiger partial charge in [-0.05, 0) is 81.5 Å². The van der Waals surface area contributed by atoms with Gasteiger partial charge in [-0.1, -0.05) is 11.6 Å². The minimum Gasteiger partial charge on any atom is -0.349 e. The minimum absolute atomic E-state index is 0.0107. The highest BCUT2D eigenvalue weighted by atomic mass is 35.5. The van der Waals surface area contributed by atoms with Crippen molar-refractivity contribution in [2.75, 3.05) is 0 Å². The predicted molar refractivity (Wildman–Crippen MR) is 110 cm³/mol. The van der Waals surface area contributed by atoms with Crippen LogP contribution in [-0.4, -0.2) is 31.5 Å². The summed E-state index contributed by atoms with van der Waals surface area (Å²) in [5.41, 5.74) is 0.612. The summed E-state index contributed by atoms with van der Waals surface area (Å²) in [5.74, 6) is 3.98. The molecule has 4 aliphatic carbocycles. The van der Waals surface area contributed by atoms with Gasteiger partial charge in [0.2, 0.25) is 0 Å². The number of hydrogen-bond acceptors (Lipinski definition) is 3. The fourth-order valence-corrected chi connectivity index (χ4v) is 6.71. The van der Waals surface area contributed by atoms with Gasteiger partial charge in [0.25, 0.3) is 5.91 Å². The maximum atomic E-state index is 13.4. The van der Waals surface area contributed by atoms with Crippen molar-refractivity contribution in [1.29, 1.82) is 0 Å². The van der Waals surface area contributed by atoms with Crippen molar-refractivity contribution in [1.82, 2.24) is 24.9 Å². The van der Waals surface area contributed by atoms with E-state index in [2.05, 4.69) is 15.5 Å². The number of nitrogens with one attached hydrogen (secondary N) is 1. The third kappa shape index (κ3) is 3.02. The van der Waals surface area contributed by atoms with Crippen molar-refractivity contribution < 1.29 is 4.79 Å². The highest BCUT2D eigenvalue weighted by molar-refractivity contribution is 6.30. The number of carbonyl (C=O) groups is 1. The molecule has 3 bridgehead atoms. The van der Waals surface area contributed by atoms with Crippen molar-refractivity contribution in [2.24, 2.45) is 23.7 Å². The molecule has 4 aliphatic rings. The third-order valence-electron chi connectivity index (χ3n) is 8.07. The number of halogens is 1. The van der Waals surface area contributed by atoms with Crippen LogP contribution < -0.4 is 5.32 Å². The van der Waals surface area contributed by atoms with E-state index >= 15 is 0 Å². The summed E-state index contributed by atoms with van der Waals surface area (Å²) in [6, 6.07) is 0.641. The molecule has 0 saturated heterocycles. The normalized spacial score (nSPS) is 33.5. The van der Waals surface area contributed by atoms with Gasteiger partial charge in [0.1, 0.15) is 5.56 Å². The predicted octanol–water partition coefficient (Wildman–Crippen LogP) is 4.39. The Kier molecular flexibility index (Phi) is 4.26. The monoisotopic (exact) mass is 413 g/mol. The summed E-state index contributed by atoms with van der Waals surface area (Å²) in [4.78, 5) is 13.4. The summed E-state index contributed by atoms with van der Waals surface area (Å²) in [7, 11) is 0. The van der Waals surface area contributed by atoms with Gasteiger partial charge in [-0.15, -0.1) is 0 Å². The van der Waals surface area contributed by atoms with Crippen molar-refractivity contribution in [3.05, 3.63) is 29.2 Å². The van der Waals surface area contributed by atoms with Crippen molar-refractivity contribution in [3.8, 4) is 5.82 Å². The SMILES string of the molecule is O=C(N[C@H]1CCC2CC3CC(C2)C1C3)c1cnn(C2CCC2)c1-n1cc(Cl)cn1. The van der Waals surface area contributed by atoms with Crippen LogP contribution in [0.15, 0.2) is 18.6 Å². The first-order valence-electron chi connectivity index (χ1n) is 11.2. The largest absolute Gasteiger partial charge is 0.349 e. The van der Waals surface area contributed by atoms with Crippen LogP contribution >= 0.6 is 11.6 Å². The van der Waals surface area contributed by atoms with E-state index in [1.807, 2.05) is 4.68 Å². The van der Waals surface area contributed by atoms with Crippen LogP contribution in [0.1, 0.15) is 74.2 Å². The lowest BCUT2D eigenvalue weighted by atomic mass is 9.80. The van der Waals surface area contributed by atoms with Crippen LogP contribution in [0.4, 0.5) is 0 Å². The van der Waals surface area contributed by atoms with E-state index in [1.54, 1.807) is 23.3 Å². The Bertz CT molecular complexity index is 932. The Morgan fingerprint density at radius 1 is 1.03 bits per heavy atom. The second-order valence-corrected chi connectivity index (χ2v) is 10.2. The summed E-state index contributed by atoms with van der Waals surface area (Å²) in [6.45, 7) is 0. The molecule has 29 heavy (non-hydrogen) atoms. The highest BCUT2D eigenvalue weighted by Crippen LogP contribution is 2.53. The Hall–Kier alpha value is -1.82. The molecule has 154 valence electrons. The standard InChI is InChI=1S/C22H28ClN5O/c23-16-10-24-27(12-16)22-19(11-25-28(22)17-2-1-3-17)21(29)26-20-5-4-13-6-14-8-15(7-13)18(20)9-14/h10-15,17-18,20H,1-9H2,(H,26,29)/t13?,14?,15?,18?,20-/m0/s1. The first-order chi connectivity index (χ1) is 14.2. The molecule has 2 aromatic heterocycles. The number of fused-ring (bicyclic) bond motifs is 2. The minimum atomic E-state index is -0.0107. The molecule has 0 aliphatic heterocycles. The Morgan fingerprint density at radius 3 is 2.66 bits per heavy atom. The van der Waals surface area contributed by atoms with Gasteiger partial charge < -0.3 is 5.32 Å².